The molecule has 0 aromatic heterocycles. The van der Waals surface area contributed by atoms with Gasteiger partial charge in [-0.25, -0.2) is 0 Å². The van der Waals surface area contributed by atoms with Gasteiger partial charge in [0.15, 0.2) is 0 Å². The van der Waals surface area contributed by atoms with E-state index in [1.807, 2.05) is 0 Å². The van der Waals surface area contributed by atoms with Crippen LogP contribution in [0.2, 0.25) is 0 Å². The summed E-state index contributed by atoms with van der Waals surface area (Å²) in [6, 6.07) is -0.473. The van der Waals surface area contributed by atoms with Gasteiger partial charge in [-0.3, -0.25) is 14.4 Å². The number of ketones is 1. The zero-order valence-electron chi connectivity index (χ0n) is 8.84. The van der Waals surface area contributed by atoms with Gasteiger partial charge in [0.25, 0.3) is 0 Å². The van der Waals surface area contributed by atoms with Crippen LogP contribution in [0, 0.1) is 0 Å². The fourth-order valence-corrected chi connectivity index (χ4v) is 1.55. The first-order chi connectivity index (χ1) is 7.09. The zero-order chi connectivity index (χ0) is 11.3. The molecule has 0 aromatic rings. The lowest BCUT2D eigenvalue weighted by atomic mass is 10.1. The number of amides is 2. The van der Waals surface area contributed by atoms with Crippen LogP contribution in [0.1, 0.15) is 32.6 Å². The van der Waals surface area contributed by atoms with E-state index in [9.17, 15) is 14.4 Å². The number of hydrogen-bond acceptors (Lipinski definition) is 3. The van der Waals surface area contributed by atoms with E-state index in [4.69, 9.17) is 0 Å². The summed E-state index contributed by atoms with van der Waals surface area (Å²) in [6.07, 6.45) is 2.34. The van der Waals surface area contributed by atoms with Crippen LogP contribution in [0.25, 0.3) is 0 Å². The molecule has 0 aliphatic carbocycles. The summed E-state index contributed by atoms with van der Waals surface area (Å²) in [5, 5.41) is 5.28. The molecule has 5 heteroatoms. The molecule has 0 spiro atoms. The monoisotopic (exact) mass is 212 g/mol. The Kier molecular flexibility index (Phi) is 4.27. The van der Waals surface area contributed by atoms with Gasteiger partial charge in [-0.05, 0) is 26.2 Å². The third-order valence-electron chi connectivity index (χ3n) is 2.28. The Morgan fingerprint density at radius 3 is 2.87 bits per heavy atom. The first-order valence-corrected chi connectivity index (χ1v) is 5.16. The van der Waals surface area contributed by atoms with Gasteiger partial charge in [0, 0.05) is 6.54 Å². The van der Waals surface area contributed by atoms with E-state index in [0.29, 0.717) is 13.0 Å². The summed E-state index contributed by atoms with van der Waals surface area (Å²) < 4.78 is 0. The molecule has 5 nitrogen and oxygen atoms in total. The van der Waals surface area contributed by atoms with E-state index in [1.165, 1.54) is 6.92 Å². The number of rotatable bonds is 3. The van der Waals surface area contributed by atoms with E-state index in [0.717, 1.165) is 12.8 Å². The quantitative estimate of drug-likeness (QED) is 0.633. The predicted molar refractivity (Wildman–Crippen MR) is 54.1 cm³/mol. The summed E-state index contributed by atoms with van der Waals surface area (Å²) in [4.78, 5) is 33.4. The van der Waals surface area contributed by atoms with Crippen molar-refractivity contribution in [2.24, 2.45) is 0 Å². The number of nitrogens with one attached hydrogen (secondary N) is 2. The lowest BCUT2D eigenvalue weighted by Crippen LogP contribution is -2.45. The summed E-state index contributed by atoms with van der Waals surface area (Å²) in [7, 11) is 0. The van der Waals surface area contributed by atoms with E-state index in [1.54, 1.807) is 0 Å². The molecular formula is C10H16N2O3. The summed E-state index contributed by atoms with van der Waals surface area (Å²) in [6.45, 7) is 2.02. The normalized spacial score (nSPS) is 21.4. The van der Waals surface area contributed by atoms with E-state index in [-0.39, 0.29) is 24.0 Å². The topological polar surface area (TPSA) is 75.3 Å². The molecule has 0 radical (unpaired) electrons. The maximum Gasteiger partial charge on any atom is 0.242 e. The Hall–Kier alpha value is -1.39. The van der Waals surface area contributed by atoms with Crippen LogP contribution in [-0.2, 0) is 14.4 Å². The molecule has 1 heterocycles. The highest BCUT2D eigenvalue weighted by molar-refractivity contribution is 5.98. The van der Waals surface area contributed by atoms with Crippen molar-refractivity contribution in [3.8, 4) is 0 Å². The van der Waals surface area contributed by atoms with Crippen LogP contribution in [-0.4, -0.2) is 30.2 Å². The average molecular weight is 212 g/mol. The zero-order valence-corrected chi connectivity index (χ0v) is 8.84. The van der Waals surface area contributed by atoms with Crippen LogP contribution in [0.15, 0.2) is 0 Å². The number of Topliss-reactive ketones (excluding diaryl/α,β-unsaturated/α-hetero) is 1. The van der Waals surface area contributed by atoms with Gasteiger partial charge in [0.2, 0.25) is 11.8 Å². The Morgan fingerprint density at radius 2 is 2.20 bits per heavy atom. The molecule has 1 rings (SSSR count). The first-order valence-electron chi connectivity index (χ1n) is 5.16. The molecular weight excluding hydrogens is 196 g/mol. The molecule has 1 fully saturated rings. The minimum absolute atomic E-state index is 0.149. The molecule has 0 bridgehead atoms. The Morgan fingerprint density at radius 1 is 1.47 bits per heavy atom. The number of carbonyl (C=O) groups excluding carboxylic acids is 3. The van der Waals surface area contributed by atoms with Gasteiger partial charge in [0.05, 0.1) is 6.42 Å². The maximum atomic E-state index is 11.4. The standard InChI is InChI=1S/C10H16N2O3/c1-7(13)6-9(14)12-8-4-2-3-5-11-10(8)15/h8H,2-6H2,1H3,(H,11,15)(H,12,14). The van der Waals surface area contributed by atoms with Crippen molar-refractivity contribution in [3.63, 3.8) is 0 Å². The predicted octanol–water partition coefficient (Wildman–Crippen LogP) is -0.250. The fraction of sp³-hybridized carbons (Fsp3) is 0.700. The molecule has 0 saturated carbocycles. The van der Waals surface area contributed by atoms with Gasteiger partial charge >= 0.3 is 0 Å². The van der Waals surface area contributed by atoms with Crippen molar-refractivity contribution >= 4 is 17.6 Å². The first kappa shape index (κ1) is 11.7. The van der Waals surface area contributed by atoms with E-state index >= 15 is 0 Å². The molecule has 1 saturated heterocycles. The highest BCUT2D eigenvalue weighted by Gasteiger charge is 2.22. The molecule has 1 aliphatic heterocycles. The largest absolute Gasteiger partial charge is 0.354 e. The minimum Gasteiger partial charge on any atom is -0.354 e. The molecule has 15 heavy (non-hydrogen) atoms. The molecule has 1 unspecified atom stereocenters. The average Bonchev–Trinajstić information content (AvgIpc) is 2.30. The molecule has 84 valence electrons. The summed E-state index contributed by atoms with van der Waals surface area (Å²) in [5.41, 5.74) is 0. The minimum atomic E-state index is -0.473. The van der Waals surface area contributed by atoms with Crippen LogP contribution < -0.4 is 10.6 Å². The van der Waals surface area contributed by atoms with E-state index < -0.39 is 6.04 Å². The maximum absolute atomic E-state index is 11.4. The van der Waals surface area contributed by atoms with Crippen LogP contribution in [0.5, 0.6) is 0 Å². The molecule has 1 aliphatic rings. The second kappa shape index (κ2) is 5.48. The lowest BCUT2D eigenvalue weighted by molar-refractivity contribution is -0.131. The van der Waals surface area contributed by atoms with Gasteiger partial charge < -0.3 is 10.6 Å². The highest BCUT2D eigenvalue weighted by atomic mass is 16.2. The number of carbonyl (C=O) groups is 3. The second-order valence-corrected chi connectivity index (χ2v) is 3.79. The Labute approximate surface area is 88.6 Å². The van der Waals surface area contributed by atoms with Crippen molar-refractivity contribution < 1.29 is 14.4 Å². The van der Waals surface area contributed by atoms with Gasteiger partial charge in [-0.15, -0.1) is 0 Å². The molecule has 1 atom stereocenters. The van der Waals surface area contributed by atoms with Crippen LogP contribution in [0.3, 0.4) is 0 Å². The Bertz CT molecular complexity index is 276. The smallest absolute Gasteiger partial charge is 0.242 e. The second-order valence-electron chi connectivity index (χ2n) is 3.79. The highest BCUT2D eigenvalue weighted by Crippen LogP contribution is 2.05. The van der Waals surface area contributed by atoms with Crippen LogP contribution >= 0.6 is 0 Å². The summed E-state index contributed by atoms with van der Waals surface area (Å²) in [5.74, 6) is -0.713. The lowest BCUT2D eigenvalue weighted by Gasteiger charge is -2.14. The van der Waals surface area contributed by atoms with Gasteiger partial charge in [-0.1, -0.05) is 0 Å². The third-order valence-corrected chi connectivity index (χ3v) is 2.28. The van der Waals surface area contributed by atoms with Gasteiger partial charge in [-0.2, -0.15) is 0 Å². The molecule has 2 N–H and O–H groups in total. The van der Waals surface area contributed by atoms with Crippen LogP contribution in [0.4, 0.5) is 0 Å². The summed E-state index contributed by atoms with van der Waals surface area (Å²) >= 11 is 0. The SMILES string of the molecule is CC(=O)CC(=O)NC1CCCCNC1=O. The Balaban J connectivity index is 2.44. The van der Waals surface area contributed by atoms with E-state index in [2.05, 4.69) is 10.6 Å². The molecule has 0 aromatic carbocycles. The van der Waals surface area contributed by atoms with Crippen molar-refractivity contribution in [2.75, 3.05) is 6.54 Å². The fourth-order valence-electron chi connectivity index (χ4n) is 1.55. The van der Waals surface area contributed by atoms with Crippen molar-refractivity contribution in [1.29, 1.82) is 0 Å². The third kappa shape index (κ3) is 4.10. The number of hydrogen-bond donors (Lipinski definition) is 2. The van der Waals surface area contributed by atoms with Crippen molar-refractivity contribution in [2.45, 2.75) is 38.6 Å². The van der Waals surface area contributed by atoms with Crippen molar-refractivity contribution in [3.05, 3.63) is 0 Å². The van der Waals surface area contributed by atoms with Gasteiger partial charge in [0.1, 0.15) is 11.8 Å². The molecule has 2 amide bonds. The van der Waals surface area contributed by atoms with Crippen molar-refractivity contribution in [1.82, 2.24) is 10.6 Å².